The first-order chi connectivity index (χ1) is 11.1. The third-order valence-corrected chi connectivity index (χ3v) is 4.23. The molecule has 0 radical (unpaired) electrons. The van der Waals surface area contributed by atoms with Crippen molar-refractivity contribution >= 4 is 5.91 Å². The molecule has 1 heterocycles. The Hall–Kier alpha value is -2.49. The molecular weight excluding hydrogens is 290 g/mol. The van der Waals surface area contributed by atoms with Gasteiger partial charge in [0.15, 0.2) is 11.5 Å². The van der Waals surface area contributed by atoms with Crippen LogP contribution in [-0.4, -0.2) is 24.1 Å². The summed E-state index contributed by atoms with van der Waals surface area (Å²) in [5, 5.41) is 0. The molecule has 0 bridgehead atoms. The standard InChI is InChI=1S/C19H21NO3/c1-4-20(19(21)16-7-5-13(2)14(3)9-16)11-15-6-8-17-18(10-15)23-12-22-17/h5-10H,4,11-12H2,1-3H3. The highest BCUT2D eigenvalue weighted by Gasteiger charge is 2.18. The summed E-state index contributed by atoms with van der Waals surface area (Å²) in [4.78, 5) is 14.6. The van der Waals surface area contributed by atoms with Crippen LogP contribution in [0.2, 0.25) is 0 Å². The van der Waals surface area contributed by atoms with E-state index in [4.69, 9.17) is 9.47 Å². The second-order valence-electron chi connectivity index (χ2n) is 5.81. The van der Waals surface area contributed by atoms with Crippen molar-refractivity contribution in [2.45, 2.75) is 27.3 Å². The Morgan fingerprint density at radius 1 is 1.04 bits per heavy atom. The smallest absolute Gasteiger partial charge is 0.254 e. The lowest BCUT2D eigenvalue weighted by molar-refractivity contribution is 0.0752. The summed E-state index contributed by atoms with van der Waals surface area (Å²) in [7, 11) is 0. The minimum absolute atomic E-state index is 0.0493. The van der Waals surface area contributed by atoms with E-state index in [2.05, 4.69) is 0 Å². The molecule has 0 aliphatic carbocycles. The zero-order valence-electron chi connectivity index (χ0n) is 13.8. The Kier molecular flexibility index (Phi) is 4.24. The molecule has 1 aliphatic heterocycles. The topological polar surface area (TPSA) is 38.8 Å². The van der Waals surface area contributed by atoms with Crippen molar-refractivity contribution in [2.75, 3.05) is 13.3 Å². The van der Waals surface area contributed by atoms with E-state index in [0.717, 1.165) is 28.2 Å². The van der Waals surface area contributed by atoms with Crippen LogP contribution in [0.5, 0.6) is 11.5 Å². The van der Waals surface area contributed by atoms with Crippen LogP contribution >= 0.6 is 0 Å². The van der Waals surface area contributed by atoms with Crippen LogP contribution < -0.4 is 9.47 Å². The molecular formula is C19H21NO3. The van der Waals surface area contributed by atoms with Gasteiger partial charge in [-0.3, -0.25) is 4.79 Å². The molecule has 0 saturated heterocycles. The van der Waals surface area contributed by atoms with Gasteiger partial charge in [-0.15, -0.1) is 0 Å². The van der Waals surface area contributed by atoms with Gasteiger partial charge in [0, 0.05) is 18.7 Å². The molecule has 0 aromatic heterocycles. The van der Waals surface area contributed by atoms with Gasteiger partial charge < -0.3 is 14.4 Å². The molecule has 1 aliphatic rings. The fourth-order valence-corrected chi connectivity index (χ4v) is 2.64. The zero-order chi connectivity index (χ0) is 16.4. The van der Waals surface area contributed by atoms with E-state index in [1.807, 2.05) is 62.1 Å². The predicted molar refractivity (Wildman–Crippen MR) is 88.9 cm³/mol. The maximum Gasteiger partial charge on any atom is 0.254 e. The first kappa shape index (κ1) is 15.4. The largest absolute Gasteiger partial charge is 0.454 e. The fourth-order valence-electron chi connectivity index (χ4n) is 2.64. The van der Waals surface area contributed by atoms with E-state index in [1.54, 1.807) is 0 Å². The third kappa shape index (κ3) is 3.16. The lowest BCUT2D eigenvalue weighted by Crippen LogP contribution is -2.30. The van der Waals surface area contributed by atoms with Crippen molar-refractivity contribution < 1.29 is 14.3 Å². The average Bonchev–Trinajstić information content (AvgIpc) is 3.02. The van der Waals surface area contributed by atoms with Crippen LogP contribution in [0.1, 0.15) is 34.0 Å². The van der Waals surface area contributed by atoms with Gasteiger partial charge in [-0.2, -0.15) is 0 Å². The molecule has 0 atom stereocenters. The Balaban J connectivity index is 1.79. The number of amides is 1. The Bertz CT molecular complexity index is 739. The van der Waals surface area contributed by atoms with Gasteiger partial charge in [-0.25, -0.2) is 0 Å². The van der Waals surface area contributed by atoms with Gasteiger partial charge >= 0.3 is 0 Å². The number of hydrogen-bond donors (Lipinski definition) is 0. The summed E-state index contributed by atoms with van der Waals surface area (Å²) < 4.78 is 10.7. The quantitative estimate of drug-likeness (QED) is 0.864. The summed E-state index contributed by atoms with van der Waals surface area (Å²) in [6.45, 7) is 7.54. The summed E-state index contributed by atoms with van der Waals surface area (Å²) in [5.41, 5.74) is 4.10. The van der Waals surface area contributed by atoms with Gasteiger partial charge in [-0.1, -0.05) is 12.1 Å². The van der Waals surface area contributed by atoms with E-state index in [0.29, 0.717) is 13.1 Å². The van der Waals surface area contributed by atoms with Crippen LogP contribution in [0.15, 0.2) is 36.4 Å². The first-order valence-electron chi connectivity index (χ1n) is 7.83. The van der Waals surface area contributed by atoms with E-state index < -0.39 is 0 Å². The number of benzene rings is 2. The van der Waals surface area contributed by atoms with Crippen molar-refractivity contribution in [1.29, 1.82) is 0 Å². The van der Waals surface area contributed by atoms with Crippen LogP contribution in [-0.2, 0) is 6.54 Å². The Morgan fingerprint density at radius 2 is 1.83 bits per heavy atom. The van der Waals surface area contributed by atoms with Gasteiger partial charge in [0.2, 0.25) is 6.79 Å². The van der Waals surface area contributed by atoms with E-state index in [9.17, 15) is 4.79 Å². The van der Waals surface area contributed by atoms with Gasteiger partial charge in [0.1, 0.15) is 0 Å². The zero-order valence-corrected chi connectivity index (χ0v) is 13.8. The number of aryl methyl sites for hydroxylation is 2. The number of carbonyl (C=O) groups excluding carboxylic acids is 1. The molecule has 0 unspecified atom stereocenters. The second kappa shape index (κ2) is 6.32. The predicted octanol–water partition coefficient (Wildman–Crippen LogP) is 3.69. The second-order valence-corrected chi connectivity index (χ2v) is 5.81. The minimum Gasteiger partial charge on any atom is -0.454 e. The van der Waals surface area contributed by atoms with Gasteiger partial charge in [0.25, 0.3) is 5.91 Å². The highest BCUT2D eigenvalue weighted by Crippen LogP contribution is 2.32. The average molecular weight is 311 g/mol. The molecule has 3 rings (SSSR count). The number of nitrogens with zero attached hydrogens (tertiary/aromatic N) is 1. The van der Waals surface area contributed by atoms with E-state index in [1.165, 1.54) is 5.56 Å². The lowest BCUT2D eigenvalue weighted by atomic mass is 10.1. The van der Waals surface area contributed by atoms with Crippen molar-refractivity contribution in [1.82, 2.24) is 4.90 Å². The maximum atomic E-state index is 12.7. The van der Waals surface area contributed by atoms with Crippen LogP contribution in [0, 0.1) is 13.8 Å². The molecule has 0 spiro atoms. The van der Waals surface area contributed by atoms with Crippen LogP contribution in [0.25, 0.3) is 0 Å². The number of hydrogen-bond acceptors (Lipinski definition) is 3. The maximum absolute atomic E-state index is 12.7. The first-order valence-corrected chi connectivity index (χ1v) is 7.83. The molecule has 4 heteroatoms. The van der Waals surface area contributed by atoms with Crippen LogP contribution in [0.4, 0.5) is 0 Å². The summed E-state index contributed by atoms with van der Waals surface area (Å²) in [5.74, 6) is 1.56. The minimum atomic E-state index is 0.0493. The van der Waals surface area contributed by atoms with Crippen molar-refractivity contribution in [3.63, 3.8) is 0 Å². The monoisotopic (exact) mass is 311 g/mol. The van der Waals surface area contributed by atoms with Crippen molar-refractivity contribution in [2.24, 2.45) is 0 Å². The molecule has 1 amide bonds. The highest BCUT2D eigenvalue weighted by molar-refractivity contribution is 5.94. The van der Waals surface area contributed by atoms with E-state index in [-0.39, 0.29) is 12.7 Å². The SMILES string of the molecule is CCN(Cc1ccc2c(c1)OCO2)C(=O)c1ccc(C)c(C)c1. The van der Waals surface area contributed by atoms with Gasteiger partial charge in [0.05, 0.1) is 0 Å². The molecule has 0 fully saturated rings. The van der Waals surface area contributed by atoms with Crippen molar-refractivity contribution in [3.8, 4) is 11.5 Å². The van der Waals surface area contributed by atoms with E-state index >= 15 is 0 Å². The number of ether oxygens (including phenoxy) is 2. The fraction of sp³-hybridized carbons (Fsp3) is 0.316. The Labute approximate surface area is 136 Å². The summed E-state index contributed by atoms with van der Waals surface area (Å²) in [6.07, 6.45) is 0. The highest BCUT2D eigenvalue weighted by atomic mass is 16.7. The lowest BCUT2D eigenvalue weighted by Gasteiger charge is -2.21. The molecule has 120 valence electrons. The molecule has 2 aromatic carbocycles. The molecule has 2 aromatic rings. The number of fused-ring (bicyclic) bond motifs is 1. The summed E-state index contributed by atoms with van der Waals surface area (Å²) in [6, 6.07) is 11.7. The number of rotatable bonds is 4. The molecule has 23 heavy (non-hydrogen) atoms. The van der Waals surface area contributed by atoms with Crippen LogP contribution in [0.3, 0.4) is 0 Å². The number of carbonyl (C=O) groups is 1. The molecule has 0 saturated carbocycles. The van der Waals surface area contributed by atoms with Gasteiger partial charge in [-0.05, 0) is 61.7 Å². The summed E-state index contributed by atoms with van der Waals surface area (Å²) >= 11 is 0. The molecule has 4 nitrogen and oxygen atoms in total. The normalized spacial score (nSPS) is 12.3. The Morgan fingerprint density at radius 3 is 2.57 bits per heavy atom. The third-order valence-electron chi connectivity index (χ3n) is 4.23. The molecule has 0 N–H and O–H groups in total. The van der Waals surface area contributed by atoms with Crippen molar-refractivity contribution in [3.05, 3.63) is 58.7 Å².